The van der Waals surface area contributed by atoms with Gasteiger partial charge in [0.25, 0.3) is 11.6 Å². The predicted octanol–water partition coefficient (Wildman–Crippen LogP) is 3.91. The average Bonchev–Trinajstić information content (AvgIpc) is 2.90. The lowest BCUT2D eigenvalue weighted by Crippen LogP contribution is -2.14. The van der Waals surface area contributed by atoms with E-state index in [1.54, 1.807) is 6.07 Å². The molecule has 1 atom stereocenters. The van der Waals surface area contributed by atoms with E-state index in [1.807, 2.05) is 0 Å². The number of fused-ring (bicyclic) bond motifs is 1. The number of para-hydroxylation sites is 1. The van der Waals surface area contributed by atoms with Crippen LogP contribution in [0.1, 0.15) is 39.7 Å². The Kier molecular flexibility index (Phi) is 4.32. The lowest BCUT2D eigenvalue weighted by molar-refractivity contribution is -0.385. The van der Waals surface area contributed by atoms with E-state index in [-0.39, 0.29) is 11.3 Å². The van der Waals surface area contributed by atoms with Gasteiger partial charge in [0, 0.05) is 10.9 Å². The van der Waals surface area contributed by atoms with Gasteiger partial charge < -0.3 is 5.32 Å². The Balaban J connectivity index is 1.94. The fourth-order valence-electron chi connectivity index (χ4n) is 2.95. The number of nitro benzene ring substituents is 1. The standard InChI is InChI=1S/C17H15N3O3S/c1-10-6-7-11-13(9-18)17(24-15(11)8-10)19-16(21)12-4-2-3-5-14(12)20(22)23/h2-5,10H,6-8H2,1H3,(H,19,21)/t10-/m0/s1. The van der Waals surface area contributed by atoms with Crippen molar-refractivity contribution in [3.63, 3.8) is 0 Å². The first-order chi connectivity index (χ1) is 11.5. The van der Waals surface area contributed by atoms with Crippen molar-refractivity contribution >= 4 is 27.9 Å². The van der Waals surface area contributed by atoms with Crippen LogP contribution in [0.25, 0.3) is 0 Å². The maximum absolute atomic E-state index is 12.5. The summed E-state index contributed by atoms with van der Waals surface area (Å²) in [7, 11) is 0. The van der Waals surface area contributed by atoms with Crippen molar-refractivity contribution in [1.82, 2.24) is 0 Å². The summed E-state index contributed by atoms with van der Waals surface area (Å²) in [5, 5.41) is 23.7. The number of hydrogen-bond donors (Lipinski definition) is 1. The number of nitro groups is 1. The minimum atomic E-state index is -0.582. The third-order valence-corrected chi connectivity index (χ3v) is 5.37. The van der Waals surface area contributed by atoms with Crippen LogP contribution in [0.5, 0.6) is 0 Å². The quantitative estimate of drug-likeness (QED) is 0.676. The summed E-state index contributed by atoms with van der Waals surface area (Å²) in [4.78, 5) is 24.1. The first-order valence-electron chi connectivity index (χ1n) is 7.60. The van der Waals surface area contributed by atoms with Crippen molar-refractivity contribution in [2.24, 2.45) is 5.92 Å². The molecule has 1 amide bonds. The molecular weight excluding hydrogens is 326 g/mol. The Morgan fingerprint density at radius 2 is 2.21 bits per heavy atom. The van der Waals surface area contributed by atoms with Crippen LogP contribution in [0.4, 0.5) is 10.7 Å². The summed E-state index contributed by atoms with van der Waals surface area (Å²) in [5.74, 6) is -0.00750. The molecule has 1 N–H and O–H groups in total. The van der Waals surface area contributed by atoms with E-state index in [0.29, 0.717) is 16.5 Å². The zero-order chi connectivity index (χ0) is 17.3. The topological polar surface area (TPSA) is 96.0 Å². The van der Waals surface area contributed by atoms with Crippen molar-refractivity contribution in [3.05, 3.63) is 55.9 Å². The van der Waals surface area contributed by atoms with E-state index >= 15 is 0 Å². The molecule has 6 nitrogen and oxygen atoms in total. The van der Waals surface area contributed by atoms with Crippen LogP contribution in [-0.4, -0.2) is 10.8 Å². The molecule has 0 saturated carbocycles. The van der Waals surface area contributed by atoms with Crippen LogP contribution in [0.3, 0.4) is 0 Å². The second-order valence-corrected chi connectivity index (χ2v) is 7.00. The molecule has 0 unspecified atom stereocenters. The Labute approximate surface area is 142 Å². The third-order valence-electron chi connectivity index (χ3n) is 4.20. The van der Waals surface area contributed by atoms with Gasteiger partial charge in [-0.25, -0.2) is 0 Å². The average molecular weight is 341 g/mol. The number of nitrogens with zero attached hydrogens (tertiary/aromatic N) is 2. The van der Waals surface area contributed by atoms with Crippen molar-refractivity contribution < 1.29 is 9.72 Å². The molecule has 0 saturated heterocycles. The summed E-state index contributed by atoms with van der Waals surface area (Å²) < 4.78 is 0. The largest absolute Gasteiger partial charge is 0.312 e. The highest BCUT2D eigenvalue weighted by Crippen LogP contribution is 2.39. The van der Waals surface area contributed by atoms with Gasteiger partial charge in [-0.15, -0.1) is 11.3 Å². The highest BCUT2D eigenvalue weighted by molar-refractivity contribution is 7.16. The lowest BCUT2D eigenvalue weighted by Gasteiger charge is -2.17. The number of benzene rings is 1. The molecule has 3 rings (SSSR count). The molecule has 2 aromatic rings. The Bertz CT molecular complexity index is 866. The molecule has 1 aromatic heterocycles. The van der Waals surface area contributed by atoms with Crippen LogP contribution >= 0.6 is 11.3 Å². The third kappa shape index (κ3) is 2.88. The van der Waals surface area contributed by atoms with Crippen molar-refractivity contribution in [1.29, 1.82) is 5.26 Å². The van der Waals surface area contributed by atoms with Gasteiger partial charge in [-0.05, 0) is 36.8 Å². The van der Waals surface area contributed by atoms with Crippen LogP contribution in [0, 0.1) is 27.4 Å². The van der Waals surface area contributed by atoms with E-state index in [4.69, 9.17) is 0 Å². The SMILES string of the molecule is C[C@H]1CCc2c(sc(NC(=O)c3ccccc3[N+](=O)[O-])c2C#N)C1. The first-order valence-corrected chi connectivity index (χ1v) is 8.42. The summed E-state index contributed by atoms with van der Waals surface area (Å²) in [6, 6.07) is 7.97. The maximum atomic E-state index is 12.5. The number of amides is 1. The molecule has 0 fully saturated rings. The Hall–Kier alpha value is -2.72. The highest BCUT2D eigenvalue weighted by Gasteiger charge is 2.26. The lowest BCUT2D eigenvalue weighted by atomic mass is 9.88. The van der Waals surface area contributed by atoms with Crippen molar-refractivity contribution in [3.8, 4) is 6.07 Å². The van der Waals surface area contributed by atoms with Crippen LogP contribution in [-0.2, 0) is 12.8 Å². The van der Waals surface area contributed by atoms with Gasteiger partial charge >= 0.3 is 0 Å². The number of rotatable bonds is 3. The minimum absolute atomic E-state index is 0.00821. The summed E-state index contributed by atoms with van der Waals surface area (Å²) in [5.41, 5.74) is 1.25. The number of carbonyl (C=O) groups excluding carboxylic acids is 1. The van der Waals surface area contributed by atoms with Crippen LogP contribution < -0.4 is 5.32 Å². The molecule has 1 aliphatic carbocycles. The summed E-state index contributed by atoms with van der Waals surface area (Å²) in [6.45, 7) is 2.17. The Morgan fingerprint density at radius 1 is 1.46 bits per heavy atom. The Morgan fingerprint density at radius 3 is 2.92 bits per heavy atom. The number of carbonyl (C=O) groups is 1. The minimum Gasteiger partial charge on any atom is -0.312 e. The maximum Gasteiger partial charge on any atom is 0.282 e. The summed E-state index contributed by atoms with van der Waals surface area (Å²) in [6.07, 6.45) is 2.75. The van der Waals surface area contributed by atoms with Crippen LogP contribution in [0.15, 0.2) is 24.3 Å². The second kappa shape index (κ2) is 6.42. The zero-order valence-electron chi connectivity index (χ0n) is 13.0. The van der Waals surface area contributed by atoms with Crippen molar-refractivity contribution in [2.75, 3.05) is 5.32 Å². The number of anilines is 1. The van der Waals surface area contributed by atoms with E-state index in [0.717, 1.165) is 29.7 Å². The number of nitrogens with one attached hydrogen (secondary N) is 1. The monoisotopic (exact) mass is 341 g/mol. The molecular formula is C17H15N3O3S. The summed E-state index contributed by atoms with van der Waals surface area (Å²) >= 11 is 1.40. The van der Waals surface area contributed by atoms with E-state index in [9.17, 15) is 20.2 Å². The molecule has 1 aromatic carbocycles. The van der Waals surface area contributed by atoms with E-state index in [1.165, 1.54) is 29.5 Å². The zero-order valence-corrected chi connectivity index (χ0v) is 13.9. The molecule has 0 radical (unpaired) electrons. The van der Waals surface area contributed by atoms with Crippen LogP contribution in [0.2, 0.25) is 0 Å². The fourth-order valence-corrected chi connectivity index (χ4v) is 4.31. The van der Waals surface area contributed by atoms with Gasteiger partial charge in [-0.1, -0.05) is 19.1 Å². The van der Waals surface area contributed by atoms with Gasteiger partial charge in [-0.3, -0.25) is 14.9 Å². The van der Waals surface area contributed by atoms with Gasteiger partial charge in [-0.2, -0.15) is 5.26 Å². The van der Waals surface area contributed by atoms with Gasteiger partial charge in [0.15, 0.2) is 0 Å². The normalized spacial score (nSPS) is 16.1. The smallest absolute Gasteiger partial charge is 0.282 e. The molecule has 1 aliphatic rings. The van der Waals surface area contributed by atoms with Gasteiger partial charge in [0.2, 0.25) is 0 Å². The number of thiophene rings is 1. The molecule has 7 heteroatoms. The van der Waals surface area contributed by atoms with E-state index in [2.05, 4.69) is 18.3 Å². The predicted molar refractivity (Wildman–Crippen MR) is 91.3 cm³/mol. The second-order valence-electron chi connectivity index (χ2n) is 5.90. The number of hydrogen-bond acceptors (Lipinski definition) is 5. The molecule has 1 heterocycles. The number of nitriles is 1. The van der Waals surface area contributed by atoms with Gasteiger partial charge in [0.1, 0.15) is 16.6 Å². The van der Waals surface area contributed by atoms with E-state index < -0.39 is 10.8 Å². The molecule has 0 bridgehead atoms. The molecule has 0 spiro atoms. The van der Waals surface area contributed by atoms with Gasteiger partial charge in [0.05, 0.1) is 10.5 Å². The molecule has 0 aliphatic heterocycles. The first kappa shape index (κ1) is 16.1. The van der Waals surface area contributed by atoms with Crippen molar-refractivity contribution in [2.45, 2.75) is 26.2 Å². The highest BCUT2D eigenvalue weighted by atomic mass is 32.1. The molecule has 122 valence electrons. The fraction of sp³-hybridized carbons (Fsp3) is 0.294. The molecule has 24 heavy (non-hydrogen) atoms.